The zero-order valence-electron chi connectivity index (χ0n) is 16.5. The molecule has 0 aromatic heterocycles. The summed E-state index contributed by atoms with van der Waals surface area (Å²) in [7, 11) is 0. The molecule has 0 unspecified atom stereocenters. The Morgan fingerprint density at radius 2 is 1.29 bits per heavy atom. The molecule has 0 amide bonds. The molecule has 24 heavy (non-hydrogen) atoms. The summed E-state index contributed by atoms with van der Waals surface area (Å²) in [6, 6.07) is 9.53. The van der Waals surface area contributed by atoms with Gasteiger partial charge in [-0.2, -0.15) is 0 Å². The van der Waals surface area contributed by atoms with Crippen LogP contribution in [0.3, 0.4) is 0 Å². The van der Waals surface area contributed by atoms with Crippen molar-refractivity contribution in [3.05, 3.63) is 29.8 Å². The van der Waals surface area contributed by atoms with E-state index in [1.165, 1.54) is 57.4 Å². The summed E-state index contributed by atoms with van der Waals surface area (Å²) in [6.45, 7) is 8.69. The fourth-order valence-corrected chi connectivity index (χ4v) is 19.6. The van der Waals surface area contributed by atoms with E-state index in [0.29, 0.717) is 12.2 Å². The number of Topliss-reactive ketones (excluding diaryl/α,β-unsaturated/α-hetero) is 1. The first kappa shape index (κ1) is 21.7. The predicted octanol–water partition coefficient (Wildman–Crippen LogP) is 6.26. The van der Waals surface area contributed by atoms with Crippen LogP contribution >= 0.6 is 0 Å². The van der Waals surface area contributed by atoms with E-state index < -0.39 is 18.4 Å². The van der Waals surface area contributed by atoms with Crippen molar-refractivity contribution in [1.82, 2.24) is 0 Å². The van der Waals surface area contributed by atoms with Crippen LogP contribution in [0.25, 0.3) is 0 Å². The minimum absolute atomic E-state index is 0.293. The second-order valence-corrected chi connectivity index (χ2v) is 20.7. The van der Waals surface area contributed by atoms with E-state index in [0.717, 1.165) is 6.42 Å². The Kier molecular flexibility index (Phi) is 11.0. The van der Waals surface area contributed by atoms with Crippen LogP contribution in [0.5, 0.6) is 0 Å². The van der Waals surface area contributed by atoms with E-state index >= 15 is 0 Å². The number of aryl methyl sites for hydroxylation is 1. The van der Waals surface area contributed by atoms with E-state index in [1.54, 1.807) is 10.5 Å². The van der Waals surface area contributed by atoms with Crippen LogP contribution in [0, 0.1) is 0 Å². The first-order chi connectivity index (χ1) is 11.6. The molecule has 1 aromatic rings. The average molecular weight is 437 g/mol. The summed E-state index contributed by atoms with van der Waals surface area (Å²) in [4.78, 5) is 11.2. The van der Waals surface area contributed by atoms with Crippen molar-refractivity contribution < 1.29 is 4.79 Å². The summed E-state index contributed by atoms with van der Waals surface area (Å²) in [5.74, 6) is 0.293. The molecule has 0 radical (unpaired) electrons. The Balaban J connectivity index is 2.98. The summed E-state index contributed by atoms with van der Waals surface area (Å²) in [5, 5.41) is 0. The van der Waals surface area contributed by atoms with Gasteiger partial charge in [0.25, 0.3) is 0 Å². The van der Waals surface area contributed by atoms with Crippen LogP contribution in [0.15, 0.2) is 24.3 Å². The fourth-order valence-electron chi connectivity index (χ4n) is 3.70. The molecule has 0 aliphatic heterocycles. The van der Waals surface area contributed by atoms with Crippen molar-refractivity contribution in [3.8, 4) is 0 Å². The molecule has 1 rings (SSSR count). The molecular weight excluding hydrogens is 399 g/mol. The van der Waals surface area contributed by atoms with Crippen LogP contribution in [0.4, 0.5) is 0 Å². The maximum absolute atomic E-state index is 11.2. The standard InChI is InChI=1S/C10H11O.3C4H9.Sn/c1-9(11)7-8-10-5-3-2-4-6-10;3*1-3-4-2;/h3-6H,7-8H2,1H3;3*1,3-4H2,2H3;. The van der Waals surface area contributed by atoms with Crippen molar-refractivity contribution in [2.75, 3.05) is 0 Å². The zero-order chi connectivity index (χ0) is 17.8. The summed E-state index contributed by atoms with van der Waals surface area (Å²) >= 11 is -2.26. The number of hydrogen-bond acceptors (Lipinski definition) is 1. The SMILES string of the molecule is CCC[CH2][Sn]([CH2]CCC)([CH2]CCC)[c]1ccc(CCC(C)=O)cc1. The molecule has 0 aliphatic rings. The van der Waals surface area contributed by atoms with Crippen molar-refractivity contribution in [3.63, 3.8) is 0 Å². The zero-order valence-corrected chi connectivity index (χ0v) is 19.3. The molecule has 0 fully saturated rings. The van der Waals surface area contributed by atoms with E-state index in [-0.39, 0.29) is 0 Å². The van der Waals surface area contributed by atoms with Gasteiger partial charge in [0.2, 0.25) is 0 Å². The Labute approximate surface area is 154 Å². The van der Waals surface area contributed by atoms with E-state index in [9.17, 15) is 4.79 Å². The molecule has 0 atom stereocenters. The minimum atomic E-state index is -2.26. The fraction of sp³-hybridized carbons (Fsp3) is 0.682. The van der Waals surface area contributed by atoms with E-state index in [1.807, 2.05) is 0 Å². The van der Waals surface area contributed by atoms with Gasteiger partial charge in [0.1, 0.15) is 0 Å². The van der Waals surface area contributed by atoms with Crippen LogP contribution < -0.4 is 3.58 Å². The summed E-state index contributed by atoms with van der Waals surface area (Å²) < 4.78 is 6.32. The van der Waals surface area contributed by atoms with Crippen molar-refractivity contribution in [2.45, 2.75) is 92.4 Å². The molecule has 0 heterocycles. The molecule has 1 nitrogen and oxygen atoms in total. The molecule has 0 bridgehead atoms. The third-order valence-electron chi connectivity index (χ3n) is 5.36. The predicted molar refractivity (Wildman–Crippen MR) is 110 cm³/mol. The van der Waals surface area contributed by atoms with Gasteiger partial charge in [-0.3, -0.25) is 0 Å². The maximum atomic E-state index is 11.2. The Bertz CT molecular complexity index is 442. The number of hydrogen-bond donors (Lipinski definition) is 0. The number of benzene rings is 1. The van der Waals surface area contributed by atoms with Gasteiger partial charge in [-0.1, -0.05) is 0 Å². The van der Waals surface area contributed by atoms with Crippen LogP contribution in [-0.4, -0.2) is 24.2 Å². The third-order valence-corrected chi connectivity index (χ3v) is 21.0. The van der Waals surface area contributed by atoms with Gasteiger partial charge in [-0.25, -0.2) is 0 Å². The number of rotatable bonds is 13. The molecule has 0 saturated heterocycles. The van der Waals surface area contributed by atoms with Gasteiger partial charge in [0, 0.05) is 0 Å². The molecule has 0 spiro atoms. The van der Waals surface area contributed by atoms with Crippen LogP contribution in [0.2, 0.25) is 13.3 Å². The number of carbonyl (C=O) groups is 1. The first-order valence-corrected chi connectivity index (χ1v) is 17.6. The molecule has 0 saturated carbocycles. The third kappa shape index (κ3) is 7.29. The molecule has 136 valence electrons. The second kappa shape index (κ2) is 12.1. The van der Waals surface area contributed by atoms with Gasteiger partial charge in [-0.15, -0.1) is 0 Å². The van der Waals surface area contributed by atoms with Gasteiger partial charge < -0.3 is 0 Å². The molecule has 0 aliphatic carbocycles. The van der Waals surface area contributed by atoms with Gasteiger partial charge in [0.05, 0.1) is 0 Å². The van der Waals surface area contributed by atoms with E-state index in [2.05, 4.69) is 45.0 Å². The Morgan fingerprint density at radius 1 is 0.833 bits per heavy atom. The topological polar surface area (TPSA) is 17.1 Å². The molecule has 1 aromatic carbocycles. The van der Waals surface area contributed by atoms with E-state index in [4.69, 9.17) is 0 Å². The second-order valence-electron chi connectivity index (χ2n) is 7.49. The van der Waals surface area contributed by atoms with Gasteiger partial charge in [0.15, 0.2) is 0 Å². The quantitative estimate of drug-likeness (QED) is 0.333. The first-order valence-electron chi connectivity index (χ1n) is 10.2. The average Bonchev–Trinajstić information content (AvgIpc) is 2.60. The number of unbranched alkanes of at least 4 members (excludes halogenated alkanes) is 3. The van der Waals surface area contributed by atoms with Crippen LogP contribution in [0.1, 0.15) is 78.2 Å². The monoisotopic (exact) mass is 438 g/mol. The van der Waals surface area contributed by atoms with Gasteiger partial charge in [-0.05, 0) is 0 Å². The Hall–Kier alpha value is -0.311. The Morgan fingerprint density at radius 3 is 1.67 bits per heavy atom. The van der Waals surface area contributed by atoms with Crippen LogP contribution in [-0.2, 0) is 11.2 Å². The van der Waals surface area contributed by atoms with Crippen molar-refractivity contribution >= 4 is 27.7 Å². The molecular formula is C22H38OSn. The summed E-state index contributed by atoms with van der Waals surface area (Å²) in [5.41, 5.74) is 1.33. The normalized spacial score (nSPS) is 11.7. The van der Waals surface area contributed by atoms with Crippen molar-refractivity contribution in [1.29, 1.82) is 0 Å². The number of ketones is 1. The molecule has 2 heteroatoms. The molecule has 0 N–H and O–H groups in total. The van der Waals surface area contributed by atoms with Gasteiger partial charge >= 0.3 is 155 Å². The number of carbonyl (C=O) groups excluding carboxylic acids is 1. The van der Waals surface area contributed by atoms with Crippen molar-refractivity contribution in [2.24, 2.45) is 0 Å². The summed E-state index contributed by atoms with van der Waals surface area (Å²) in [6.07, 6.45) is 9.79.